The summed E-state index contributed by atoms with van der Waals surface area (Å²) in [5, 5.41) is 4.02. The van der Waals surface area contributed by atoms with E-state index in [4.69, 9.17) is 9.97 Å². The molecule has 2 aromatic heterocycles. The van der Waals surface area contributed by atoms with Crippen LogP contribution in [-0.4, -0.2) is 40.5 Å². The van der Waals surface area contributed by atoms with Gasteiger partial charge in [0.05, 0.1) is 5.52 Å². The summed E-state index contributed by atoms with van der Waals surface area (Å²) in [6, 6.07) is 12.0. The van der Waals surface area contributed by atoms with Gasteiger partial charge in [0, 0.05) is 49.9 Å². The third kappa shape index (κ3) is 3.89. The van der Waals surface area contributed by atoms with E-state index in [1.54, 1.807) is 19.3 Å². The molecule has 6 nitrogen and oxygen atoms in total. The predicted molar refractivity (Wildman–Crippen MR) is 106 cm³/mol. The molecular weight excluding hydrogens is 338 g/mol. The molecule has 1 aliphatic rings. The molecule has 0 aliphatic carbocycles. The fourth-order valence-corrected chi connectivity index (χ4v) is 3.57. The summed E-state index contributed by atoms with van der Waals surface area (Å²) in [4.78, 5) is 27.2. The van der Waals surface area contributed by atoms with E-state index in [1.165, 1.54) is 0 Å². The van der Waals surface area contributed by atoms with Crippen LogP contribution in [0.2, 0.25) is 0 Å². The van der Waals surface area contributed by atoms with E-state index in [-0.39, 0.29) is 5.91 Å². The maximum atomic E-state index is 11.1. The topological polar surface area (TPSA) is 71.0 Å². The minimum Gasteiger partial charge on any atom is -0.356 e. The Morgan fingerprint density at radius 2 is 1.85 bits per heavy atom. The molecule has 1 fully saturated rings. The van der Waals surface area contributed by atoms with Crippen LogP contribution in [-0.2, 0) is 4.79 Å². The second kappa shape index (κ2) is 7.70. The van der Waals surface area contributed by atoms with Crippen molar-refractivity contribution in [2.45, 2.75) is 19.8 Å². The molecule has 1 aliphatic heterocycles. The Bertz CT molecular complexity index is 936. The third-order valence-corrected chi connectivity index (χ3v) is 5.08. The van der Waals surface area contributed by atoms with Crippen molar-refractivity contribution >= 4 is 22.6 Å². The van der Waals surface area contributed by atoms with Crippen LogP contribution in [0, 0.1) is 5.92 Å². The van der Waals surface area contributed by atoms with Crippen LogP contribution < -0.4 is 10.2 Å². The Hall–Kier alpha value is -3.02. The Labute approximate surface area is 158 Å². The highest BCUT2D eigenvalue weighted by Gasteiger charge is 2.22. The first kappa shape index (κ1) is 17.4. The number of carbonyl (C=O) groups excluding carboxylic acids is 1. The van der Waals surface area contributed by atoms with E-state index < -0.39 is 0 Å². The van der Waals surface area contributed by atoms with Crippen LogP contribution in [0.15, 0.2) is 48.8 Å². The summed E-state index contributed by atoms with van der Waals surface area (Å²) < 4.78 is 0. The molecule has 6 heteroatoms. The van der Waals surface area contributed by atoms with Crippen LogP contribution in [0.25, 0.3) is 22.3 Å². The number of para-hydroxylation sites is 1. The van der Waals surface area contributed by atoms with Crippen LogP contribution in [0.3, 0.4) is 0 Å². The van der Waals surface area contributed by atoms with Crippen molar-refractivity contribution in [3.05, 3.63) is 48.8 Å². The predicted octanol–water partition coefficient (Wildman–Crippen LogP) is 3.04. The maximum Gasteiger partial charge on any atom is 0.216 e. The summed E-state index contributed by atoms with van der Waals surface area (Å²) in [5.74, 6) is 2.29. The average Bonchev–Trinajstić information content (AvgIpc) is 2.72. The van der Waals surface area contributed by atoms with Gasteiger partial charge in [-0.15, -0.1) is 0 Å². The van der Waals surface area contributed by atoms with E-state index in [0.717, 1.165) is 60.6 Å². The molecule has 0 saturated carbocycles. The van der Waals surface area contributed by atoms with Crippen molar-refractivity contribution in [2.75, 3.05) is 24.5 Å². The lowest BCUT2D eigenvalue weighted by Crippen LogP contribution is -2.38. The van der Waals surface area contributed by atoms with Crippen molar-refractivity contribution < 1.29 is 4.79 Å². The number of nitrogens with one attached hydrogen (secondary N) is 1. The molecule has 0 bridgehead atoms. The van der Waals surface area contributed by atoms with Crippen LogP contribution >= 0.6 is 0 Å². The van der Waals surface area contributed by atoms with Crippen molar-refractivity contribution in [3.8, 4) is 11.4 Å². The van der Waals surface area contributed by atoms with Gasteiger partial charge in [0.15, 0.2) is 5.82 Å². The van der Waals surface area contributed by atoms with Gasteiger partial charge in [-0.2, -0.15) is 0 Å². The molecule has 3 heterocycles. The number of nitrogens with zero attached hydrogens (tertiary/aromatic N) is 4. The largest absolute Gasteiger partial charge is 0.356 e. The first-order chi connectivity index (χ1) is 13.2. The number of amides is 1. The molecule has 1 saturated heterocycles. The number of benzene rings is 1. The molecule has 0 unspecified atom stereocenters. The van der Waals surface area contributed by atoms with Crippen molar-refractivity contribution in [2.24, 2.45) is 5.92 Å². The van der Waals surface area contributed by atoms with Gasteiger partial charge in [-0.3, -0.25) is 9.78 Å². The normalized spacial score (nSPS) is 15.1. The molecule has 1 N–H and O–H groups in total. The first-order valence-corrected chi connectivity index (χ1v) is 9.37. The Morgan fingerprint density at radius 1 is 1.11 bits per heavy atom. The zero-order valence-corrected chi connectivity index (χ0v) is 15.4. The summed E-state index contributed by atoms with van der Waals surface area (Å²) in [6.07, 6.45) is 5.62. The standard InChI is InChI=1S/C21H23N5O/c1-15(27)23-14-16-8-12-26(13-9-16)21-18-4-2-3-5-19(18)24-20(25-21)17-6-10-22-11-7-17/h2-7,10-11,16H,8-9,12-14H2,1H3,(H,23,27). The second-order valence-electron chi connectivity index (χ2n) is 6.99. The summed E-state index contributed by atoms with van der Waals surface area (Å²) in [6.45, 7) is 4.20. The van der Waals surface area contributed by atoms with Crippen molar-refractivity contribution in [1.82, 2.24) is 20.3 Å². The van der Waals surface area contributed by atoms with Gasteiger partial charge < -0.3 is 10.2 Å². The average molecular weight is 361 g/mol. The van der Waals surface area contributed by atoms with Crippen LogP contribution in [0.4, 0.5) is 5.82 Å². The fraction of sp³-hybridized carbons (Fsp3) is 0.333. The maximum absolute atomic E-state index is 11.1. The number of anilines is 1. The monoisotopic (exact) mass is 361 g/mol. The van der Waals surface area contributed by atoms with Gasteiger partial charge in [-0.25, -0.2) is 9.97 Å². The summed E-state index contributed by atoms with van der Waals surface area (Å²) in [7, 11) is 0. The number of aromatic nitrogens is 3. The zero-order valence-electron chi connectivity index (χ0n) is 15.4. The number of hydrogen-bond donors (Lipinski definition) is 1. The number of pyridine rings is 1. The fourth-order valence-electron chi connectivity index (χ4n) is 3.57. The van der Waals surface area contributed by atoms with E-state index in [1.807, 2.05) is 30.3 Å². The number of rotatable bonds is 4. The number of carbonyl (C=O) groups is 1. The lowest BCUT2D eigenvalue weighted by molar-refractivity contribution is -0.119. The zero-order chi connectivity index (χ0) is 18.6. The molecule has 0 spiro atoms. The Morgan fingerprint density at radius 3 is 2.59 bits per heavy atom. The minimum absolute atomic E-state index is 0.0428. The first-order valence-electron chi connectivity index (χ1n) is 9.37. The van der Waals surface area contributed by atoms with E-state index >= 15 is 0 Å². The number of piperidine rings is 1. The molecule has 3 aromatic rings. The van der Waals surface area contributed by atoms with Crippen LogP contribution in [0.1, 0.15) is 19.8 Å². The van der Waals surface area contributed by atoms with Gasteiger partial charge in [0.2, 0.25) is 5.91 Å². The van der Waals surface area contributed by atoms with Gasteiger partial charge in [0.1, 0.15) is 5.82 Å². The highest BCUT2D eigenvalue weighted by Crippen LogP contribution is 2.30. The minimum atomic E-state index is 0.0428. The lowest BCUT2D eigenvalue weighted by atomic mass is 9.96. The van der Waals surface area contributed by atoms with Crippen molar-refractivity contribution in [3.63, 3.8) is 0 Å². The second-order valence-corrected chi connectivity index (χ2v) is 6.99. The SMILES string of the molecule is CC(=O)NCC1CCN(c2nc(-c3ccncc3)nc3ccccc23)CC1. The van der Waals surface area contributed by atoms with Crippen LogP contribution in [0.5, 0.6) is 0 Å². The molecule has 1 aromatic carbocycles. The van der Waals surface area contributed by atoms with Gasteiger partial charge in [0.25, 0.3) is 0 Å². The molecule has 0 atom stereocenters. The van der Waals surface area contributed by atoms with E-state index in [2.05, 4.69) is 21.3 Å². The summed E-state index contributed by atoms with van der Waals surface area (Å²) >= 11 is 0. The Kier molecular flexibility index (Phi) is 4.96. The third-order valence-electron chi connectivity index (χ3n) is 5.08. The smallest absolute Gasteiger partial charge is 0.216 e. The Balaban J connectivity index is 1.62. The number of hydrogen-bond acceptors (Lipinski definition) is 5. The quantitative estimate of drug-likeness (QED) is 0.773. The van der Waals surface area contributed by atoms with Gasteiger partial charge in [-0.1, -0.05) is 12.1 Å². The highest BCUT2D eigenvalue weighted by atomic mass is 16.1. The molecule has 4 rings (SSSR count). The molecule has 0 radical (unpaired) electrons. The highest BCUT2D eigenvalue weighted by molar-refractivity contribution is 5.91. The number of fused-ring (bicyclic) bond motifs is 1. The van der Waals surface area contributed by atoms with E-state index in [9.17, 15) is 4.79 Å². The molecule has 1 amide bonds. The van der Waals surface area contributed by atoms with Crippen molar-refractivity contribution in [1.29, 1.82) is 0 Å². The van der Waals surface area contributed by atoms with E-state index in [0.29, 0.717) is 5.92 Å². The molecule has 138 valence electrons. The lowest BCUT2D eigenvalue weighted by Gasteiger charge is -2.33. The molecular formula is C21H23N5O. The molecule has 27 heavy (non-hydrogen) atoms. The summed E-state index contributed by atoms with van der Waals surface area (Å²) in [5.41, 5.74) is 1.92. The van der Waals surface area contributed by atoms with Gasteiger partial charge in [-0.05, 0) is 43.0 Å². The van der Waals surface area contributed by atoms with Gasteiger partial charge >= 0.3 is 0 Å².